The van der Waals surface area contributed by atoms with Crippen molar-refractivity contribution in [2.45, 2.75) is 221 Å². The average Bonchev–Trinajstić information content (AvgIpc) is 1.79. The number of carbonyl (C=O) groups excluding carboxylic acids is 10. The number of aliphatic hydroxyl groups is 1. The van der Waals surface area contributed by atoms with Crippen molar-refractivity contribution in [3.05, 3.63) is 71.3 Å². The van der Waals surface area contributed by atoms with E-state index in [1.54, 1.807) is 47.2 Å². The van der Waals surface area contributed by atoms with E-state index in [1.807, 2.05) is 82.1 Å². The van der Waals surface area contributed by atoms with Crippen LogP contribution in [-0.4, -0.2) is 187 Å². The van der Waals surface area contributed by atoms with Gasteiger partial charge in [-0.2, -0.15) is 0 Å². The van der Waals surface area contributed by atoms with Gasteiger partial charge in [0.1, 0.15) is 24.1 Å². The summed E-state index contributed by atoms with van der Waals surface area (Å²) in [4.78, 5) is 138. The minimum atomic E-state index is -0.903. The summed E-state index contributed by atoms with van der Waals surface area (Å²) in [7, 11) is 6.80. The summed E-state index contributed by atoms with van der Waals surface area (Å²) in [6.07, 6.45) is 13.0. The van der Waals surface area contributed by atoms with Crippen LogP contribution in [0.25, 0.3) is 0 Å². The molecule has 22 heteroatoms. The standard InChI is InChI=1S/C73H116N8O14.C10H2/c1-16-48(8)67(63(93-14)41-65(87)80-36-24-29-61(80)69(94-15)49(9)70(89)77-50(10)68(88)54-25-19-17-20-26-54)78(12)43-55(45(2)3)38-62(85)66(47(6)7)79(13)73(92)95-44-53-32-30-52(31-33-53)37-57(84)42-76-60(28-23-34-75-72(74)91)58(46(4)5)39-56(83)27-21-18-22-35-81-64(86)40-59(51(11)82)71(81)90;1-3-5-7-9-10-8-6-4-2/h17,19-20,25-26,30-33,45-50,55,58-61,63,66-69,76,88H,16,18,21-24,27-29,34-44H2,1-15H3,(H,77,89)(H3,74,75,91);1-2H/t48-,49+,50+,55+,58-,59?,60+,61-,63+,66-,67-,68+,69+;/m0./s1. The quantitative estimate of drug-likeness (QED) is 0.0179. The van der Waals surface area contributed by atoms with Crippen molar-refractivity contribution in [3.8, 4) is 60.2 Å². The van der Waals surface area contributed by atoms with Gasteiger partial charge in [-0.3, -0.25) is 43.3 Å². The van der Waals surface area contributed by atoms with Gasteiger partial charge >= 0.3 is 12.1 Å². The molecule has 0 spiro atoms. The second-order valence-electron chi connectivity index (χ2n) is 29.0. The van der Waals surface area contributed by atoms with Gasteiger partial charge in [0.25, 0.3) is 0 Å². The summed E-state index contributed by atoms with van der Waals surface area (Å²) in [6.45, 7) is 22.8. The number of benzene rings is 2. The third kappa shape index (κ3) is 30.4. The Morgan fingerprint density at radius 2 is 1.39 bits per heavy atom. The number of amides is 7. The fraction of sp³-hybridized carbons (Fsp3) is 0.614. The number of carbonyl (C=O) groups is 10. The number of methoxy groups -OCH3 is 2. The van der Waals surface area contributed by atoms with E-state index in [9.17, 15) is 53.1 Å². The van der Waals surface area contributed by atoms with Crippen molar-refractivity contribution in [2.24, 2.45) is 53.1 Å². The number of hydrogen-bond donors (Lipinski definition) is 5. The number of nitrogens with two attached hydrogens (primary N) is 1. The number of imide groups is 1. The number of terminal acetylenes is 2. The smallest absolute Gasteiger partial charge is 0.410 e. The number of unbranched alkanes of at least 4 members (excludes halogenated alkanes) is 2. The lowest BCUT2D eigenvalue weighted by Crippen LogP contribution is -2.53. The topological polar surface area (TPSA) is 294 Å². The van der Waals surface area contributed by atoms with Crippen LogP contribution in [0.2, 0.25) is 0 Å². The van der Waals surface area contributed by atoms with Crippen LogP contribution in [0.1, 0.15) is 182 Å². The molecule has 6 N–H and O–H groups in total. The number of ketones is 4. The second kappa shape index (κ2) is 47.7. The summed E-state index contributed by atoms with van der Waals surface area (Å²) in [5.74, 6) is 15.1. The molecular weight excluding hydrogens is 1330 g/mol. The number of urea groups is 1. The highest BCUT2D eigenvalue weighted by molar-refractivity contribution is 6.13. The number of nitrogens with zero attached hydrogens (tertiary/aromatic N) is 4. The lowest BCUT2D eigenvalue weighted by atomic mass is 9.81. The number of primary amides is 1. The highest BCUT2D eigenvalue weighted by Crippen LogP contribution is 2.32. The van der Waals surface area contributed by atoms with Crippen LogP contribution >= 0.6 is 0 Å². The van der Waals surface area contributed by atoms with E-state index in [0.717, 1.165) is 23.3 Å². The minimum absolute atomic E-state index is 0.0425. The Kier molecular flexibility index (Phi) is 41.2. The molecule has 0 aliphatic carbocycles. The summed E-state index contributed by atoms with van der Waals surface area (Å²) in [5, 5.41) is 20.0. The molecule has 2 aliphatic heterocycles. The van der Waals surface area contributed by atoms with Gasteiger partial charge in [0.05, 0.1) is 55.3 Å². The minimum Gasteiger partial charge on any atom is -0.445 e. The number of ether oxygens (including phenoxy) is 3. The molecule has 4 rings (SSSR count). The average molecular weight is 1450 g/mol. The first-order valence-electron chi connectivity index (χ1n) is 37.0. The third-order valence-corrected chi connectivity index (χ3v) is 20.3. The number of rotatable bonds is 44. The number of hydrogen-bond acceptors (Lipinski definition) is 16. The van der Waals surface area contributed by atoms with Crippen molar-refractivity contribution in [2.75, 3.05) is 61.0 Å². The molecule has 0 saturated carbocycles. The molecule has 2 aromatic rings. The molecule has 22 nitrogen and oxygen atoms in total. The lowest BCUT2D eigenvalue weighted by Gasteiger charge is -2.41. The maximum atomic E-state index is 14.5. The third-order valence-electron chi connectivity index (χ3n) is 20.3. The van der Waals surface area contributed by atoms with E-state index in [2.05, 4.69) is 95.9 Å². The molecule has 0 bridgehead atoms. The zero-order valence-electron chi connectivity index (χ0n) is 64.9. The molecule has 2 aliphatic rings. The Balaban J connectivity index is 0.00000265. The predicted molar refractivity (Wildman–Crippen MR) is 406 cm³/mol. The van der Waals surface area contributed by atoms with E-state index < -0.39 is 60.3 Å². The van der Waals surface area contributed by atoms with Gasteiger partial charge in [0.2, 0.25) is 23.6 Å². The molecule has 2 saturated heterocycles. The van der Waals surface area contributed by atoms with Crippen molar-refractivity contribution < 1.29 is 67.3 Å². The van der Waals surface area contributed by atoms with Crippen LogP contribution in [0.4, 0.5) is 9.59 Å². The normalized spacial score (nSPS) is 17.2. The number of likely N-dealkylation sites (tertiary alicyclic amines) is 2. The summed E-state index contributed by atoms with van der Waals surface area (Å²) in [6, 6.07) is 13.6. The van der Waals surface area contributed by atoms with Gasteiger partial charge in [-0.25, -0.2) is 9.59 Å². The molecule has 105 heavy (non-hydrogen) atoms. The van der Waals surface area contributed by atoms with Crippen LogP contribution in [0.3, 0.4) is 0 Å². The SMILES string of the molecule is C#CC#CC#CC#CC#C.CC[C@H](C)[C@@H]([C@@H](CC(=O)N1CCC[C@H]1[C@H](OC)[C@@H](C)C(=O)N[C@H](C)[C@@H](O)c1ccccc1)OC)N(C)C[C@@H](CC(=O)[C@H](C(C)C)N(C)C(=O)OCc1ccc(CC(=O)CN[C@H](CCCNC(N)=O)[C@@H](CC(=O)CCCCCN2C(=O)CC(C(C)=O)C2=O)C(C)C)cc1)C(C)C. The van der Waals surface area contributed by atoms with E-state index in [1.165, 1.54) is 11.8 Å². The van der Waals surface area contributed by atoms with Crippen LogP contribution < -0.4 is 21.7 Å². The fourth-order valence-corrected chi connectivity index (χ4v) is 14.1. The van der Waals surface area contributed by atoms with Gasteiger partial charge in [-0.1, -0.05) is 130 Å². The lowest BCUT2D eigenvalue weighted by molar-refractivity contribution is -0.143. The molecule has 2 aromatic carbocycles. The van der Waals surface area contributed by atoms with E-state index >= 15 is 0 Å². The summed E-state index contributed by atoms with van der Waals surface area (Å²) in [5.41, 5.74) is 7.46. The van der Waals surface area contributed by atoms with Gasteiger partial charge < -0.3 is 55.7 Å². The van der Waals surface area contributed by atoms with Gasteiger partial charge in [0.15, 0.2) is 11.6 Å². The van der Waals surface area contributed by atoms with E-state index in [4.69, 9.17) is 32.8 Å². The summed E-state index contributed by atoms with van der Waals surface area (Å²) < 4.78 is 18.0. The highest BCUT2D eigenvalue weighted by Gasteiger charge is 2.44. The van der Waals surface area contributed by atoms with Gasteiger partial charge in [0, 0.05) is 91.6 Å². The summed E-state index contributed by atoms with van der Waals surface area (Å²) >= 11 is 0. The maximum absolute atomic E-state index is 14.5. The molecule has 1 unspecified atom stereocenters. The molecule has 13 atom stereocenters. The Labute approximate surface area is 625 Å². The molecule has 0 aromatic heterocycles. The zero-order chi connectivity index (χ0) is 78.5. The second-order valence-corrected chi connectivity index (χ2v) is 29.0. The van der Waals surface area contributed by atoms with Crippen LogP contribution in [0.15, 0.2) is 54.6 Å². The number of nitrogens with one attached hydrogen (secondary N) is 3. The van der Waals surface area contributed by atoms with Crippen LogP contribution in [0.5, 0.6) is 0 Å². The van der Waals surface area contributed by atoms with Crippen molar-refractivity contribution in [1.82, 2.24) is 35.6 Å². The Morgan fingerprint density at radius 3 is 1.94 bits per heavy atom. The number of aliphatic hydroxyl groups excluding tert-OH is 1. The highest BCUT2D eigenvalue weighted by atomic mass is 16.6. The van der Waals surface area contributed by atoms with E-state index in [-0.39, 0.29) is 146 Å². The van der Waals surface area contributed by atoms with Crippen molar-refractivity contribution in [3.63, 3.8) is 0 Å². The molecule has 7 amide bonds. The van der Waals surface area contributed by atoms with Gasteiger partial charge in [-0.05, 0) is 159 Å². The molecular formula is C83H118N8O14. The fourth-order valence-electron chi connectivity index (χ4n) is 14.1. The number of Topliss-reactive ketones (excluding diaryl/α,β-unsaturated/α-hetero) is 4. The van der Waals surface area contributed by atoms with Crippen LogP contribution in [-0.2, 0) is 65.6 Å². The molecule has 0 radical (unpaired) electrons. The molecule has 2 fully saturated rings. The first-order chi connectivity index (χ1) is 49.9. The zero-order valence-corrected chi connectivity index (χ0v) is 64.9. The first kappa shape index (κ1) is 90.6. The Morgan fingerprint density at radius 1 is 0.762 bits per heavy atom. The van der Waals surface area contributed by atoms with Gasteiger partial charge in [-0.15, -0.1) is 12.8 Å². The Hall–Kier alpha value is -8.66. The maximum Gasteiger partial charge on any atom is 0.410 e. The van der Waals surface area contributed by atoms with Crippen LogP contribution in [0, 0.1) is 108 Å². The molecule has 574 valence electrons. The number of likely N-dealkylation sites (N-methyl/N-ethyl adjacent to an activating group) is 2. The first-order valence-corrected chi connectivity index (χ1v) is 37.0. The van der Waals surface area contributed by atoms with Crippen molar-refractivity contribution in [1.29, 1.82) is 0 Å². The predicted octanol–water partition coefficient (Wildman–Crippen LogP) is 8.68. The van der Waals surface area contributed by atoms with Crippen molar-refractivity contribution >= 4 is 58.9 Å². The Bertz CT molecular complexity index is 3420. The largest absolute Gasteiger partial charge is 0.445 e. The molecule has 2 heterocycles. The monoisotopic (exact) mass is 1450 g/mol. The van der Waals surface area contributed by atoms with E-state index in [0.29, 0.717) is 75.7 Å².